The second-order valence-electron chi connectivity index (χ2n) is 6.50. The van der Waals surface area contributed by atoms with Gasteiger partial charge in [0.25, 0.3) is 0 Å². The van der Waals surface area contributed by atoms with Crippen molar-refractivity contribution < 1.29 is 0 Å². The standard InChI is InChI=1S/C16H20ClN5.ClH/c17-14-2-1-13(15(7-14)22-12-19-11-20-22)8-21-6-4-16(10-21)3-5-18-9-16;/h1-2,7,11-12,18H,3-6,8-10H2;1H. The first kappa shape index (κ1) is 16.7. The molecule has 1 aromatic carbocycles. The summed E-state index contributed by atoms with van der Waals surface area (Å²) < 4.78 is 1.80. The number of nitrogens with one attached hydrogen (secondary N) is 1. The number of benzene rings is 1. The van der Waals surface area contributed by atoms with E-state index in [9.17, 15) is 0 Å². The summed E-state index contributed by atoms with van der Waals surface area (Å²) in [7, 11) is 0. The van der Waals surface area contributed by atoms with Crippen LogP contribution in [0.15, 0.2) is 30.9 Å². The van der Waals surface area contributed by atoms with Crippen LogP contribution in [0.4, 0.5) is 0 Å². The fourth-order valence-corrected chi connectivity index (χ4v) is 3.93. The molecule has 0 aliphatic carbocycles. The average molecular weight is 354 g/mol. The molecule has 4 rings (SSSR count). The number of likely N-dealkylation sites (tertiary alicyclic amines) is 1. The molecule has 0 radical (unpaired) electrons. The number of hydrogen-bond donors (Lipinski definition) is 1. The summed E-state index contributed by atoms with van der Waals surface area (Å²) >= 11 is 6.17. The van der Waals surface area contributed by atoms with Crippen molar-refractivity contribution in [1.82, 2.24) is 25.0 Å². The van der Waals surface area contributed by atoms with Crippen LogP contribution in [-0.2, 0) is 6.54 Å². The lowest BCUT2D eigenvalue weighted by Gasteiger charge is -2.23. The van der Waals surface area contributed by atoms with Gasteiger partial charge in [-0.15, -0.1) is 12.4 Å². The lowest BCUT2D eigenvalue weighted by atomic mass is 9.86. The molecule has 2 fully saturated rings. The maximum absolute atomic E-state index is 6.17. The predicted octanol–water partition coefficient (Wildman–Crippen LogP) is 2.53. The van der Waals surface area contributed by atoms with Gasteiger partial charge in [-0.05, 0) is 49.0 Å². The van der Waals surface area contributed by atoms with Crippen molar-refractivity contribution in [2.45, 2.75) is 19.4 Å². The minimum atomic E-state index is 0. The summed E-state index contributed by atoms with van der Waals surface area (Å²) in [5, 5.41) is 8.50. The SMILES string of the molecule is Cl.Clc1ccc(CN2CCC3(CCNC3)C2)c(-n2cncn2)c1. The molecule has 0 amide bonds. The number of hydrogen-bond acceptors (Lipinski definition) is 4. The third-order valence-corrected chi connectivity index (χ3v) is 5.19. The highest BCUT2D eigenvalue weighted by atomic mass is 35.5. The molecule has 2 aromatic rings. The van der Waals surface area contributed by atoms with Gasteiger partial charge in [0, 0.05) is 24.7 Å². The van der Waals surface area contributed by atoms with E-state index in [-0.39, 0.29) is 12.4 Å². The Hall–Kier alpha value is -1.14. The summed E-state index contributed by atoms with van der Waals surface area (Å²) in [6, 6.07) is 6.03. The largest absolute Gasteiger partial charge is 0.316 e. The summed E-state index contributed by atoms with van der Waals surface area (Å²) in [4.78, 5) is 6.60. The predicted molar refractivity (Wildman–Crippen MR) is 93.4 cm³/mol. The van der Waals surface area contributed by atoms with Crippen LogP contribution < -0.4 is 5.32 Å². The van der Waals surface area contributed by atoms with Gasteiger partial charge in [0.15, 0.2) is 0 Å². The number of nitrogens with zero attached hydrogens (tertiary/aromatic N) is 4. The minimum absolute atomic E-state index is 0. The van der Waals surface area contributed by atoms with Crippen LogP contribution in [0.2, 0.25) is 5.02 Å². The molecule has 0 saturated carbocycles. The van der Waals surface area contributed by atoms with Gasteiger partial charge >= 0.3 is 0 Å². The van der Waals surface area contributed by atoms with Gasteiger partial charge in [0.05, 0.1) is 5.69 Å². The Balaban J connectivity index is 0.00000156. The summed E-state index contributed by atoms with van der Waals surface area (Å²) in [5.74, 6) is 0. The average Bonchev–Trinajstić information content (AvgIpc) is 3.25. The first-order chi connectivity index (χ1) is 10.7. The zero-order chi connectivity index (χ0) is 15.0. The van der Waals surface area contributed by atoms with E-state index in [1.165, 1.54) is 44.6 Å². The fourth-order valence-electron chi connectivity index (χ4n) is 3.76. The molecule has 2 saturated heterocycles. The second-order valence-corrected chi connectivity index (χ2v) is 6.94. The third kappa shape index (κ3) is 3.38. The highest BCUT2D eigenvalue weighted by molar-refractivity contribution is 6.30. The molecule has 1 aromatic heterocycles. The first-order valence-electron chi connectivity index (χ1n) is 7.81. The van der Waals surface area contributed by atoms with Crippen molar-refractivity contribution in [3.8, 4) is 5.69 Å². The number of rotatable bonds is 3. The van der Waals surface area contributed by atoms with Crippen molar-refractivity contribution in [3.05, 3.63) is 41.4 Å². The van der Waals surface area contributed by atoms with Crippen LogP contribution in [-0.4, -0.2) is 45.8 Å². The van der Waals surface area contributed by atoms with Gasteiger partial charge < -0.3 is 5.32 Å². The van der Waals surface area contributed by atoms with Crippen molar-refractivity contribution in [1.29, 1.82) is 0 Å². The van der Waals surface area contributed by atoms with Crippen LogP contribution in [0.25, 0.3) is 5.69 Å². The Kier molecular flexibility index (Phi) is 4.92. The maximum Gasteiger partial charge on any atom is 0.138 e. The molecular weight excluding hydrogens is 333 g/mol. The monoisotopic (exact) mass is 353 g/mol. The van der Waals surface area contributed by atoms with Gasteiger partial charge in [0.2, 0.25) is 0 Å². The Morgan fingerprint density at radius 2 is 2.22 bits per heavy atom. The molecule has 0 bridgehead atoms. The van der Waals surface area contributed by atoms with Crippen molar-refractivity contribution in [3.63, 3.8) is 0 Å². The topological polar surface area (TPSA) is 46.0 Å². The second kappa shape index (κ2) is 6.77. The summed E-state index contributed by atoms with van der Waals surface area (Å²) in [6.45, 7) is 5.62. The molecular formula is C16H21Cl2N5. The van der Waals surface area contributed by atoms with Crippen molar-refractivity contribution >= 4 is 24.0 Å². The Morgan fingerprint density at radius 1 is 1.30 bits per heavy atom. The van der Waals surface area contributed by atoms with E-state index in [1.807, 2.05) is 12.1 Å². The van der Waals surface area contributed by atoms with Crippen molar-refractivity contribution in [2.24, 2.45) is 5.41 Å². The minimum Gasteiger partial charge on any atom is -0.316 e. The highest BCUT2D eigenvalue weighted by Crippen LogP contribution is 2.37. The van der Waals surface area contributed by atoms with Crippen LogP contribution in [0.5, 0.6) is 0 Å². The molecule has 124 valence electrons. The quantitative estimate of drug-likeness (QED) is 0.920. The van der Waals surface area contributed by atoms with Crippen LogP contribution in [0.1, 0.15) is 18.4 Å². The van der Waals surface area contributed by atoms with E-state index >= 15 is 0 Å². The Labute approximate surface area is 147 Å². The van der Waals surface area contributed by atoms with Crippen LogP contribution in [0, 0.1) is 5.41 Å². The summed E-state index contributed by atoms with van der Waals surface area (Å²) in [6.07, 6.45) is 5.88. The zero-order valence-corrected chi connectivity index (χ0v) is 14.5. The molecule has 3 heterocycles. The van der Waals surface area contributed by atoms with Gasteiger partial charge in [-0.2, -0.15) is 5.10 Å². The van der Waals surface area contributed by atoms with E-state index < -0.39 is 0 Å². The number of aromatic nitrogens is 3. The van der Waals surface area contributed by atoms with Crippen LogP contribution in [0.3, 0.4) is 0 Å². The number of halogens is 2. The molecule has 1 unspecified atom stereocenters. The van der Waals surface area contributed by atoms with Gasteiger partial charge in [-0.25, -0.2) is 9.67 Å². The third-order valence-electron chi connectivity index (χ3n) is 4.96. The lowest BCUT2D eigenvalue weighted by Crippen LogP contribution is -2.29. The zero-order valence-electron chi connectivity index (χ0n) is 12.9. The van der Waals surface area contributed by atoms with E-state index in [0.29, 0.717) is 5.41 Å². The van der Waals surface area contributed by atoms with E-state index in [0.717, 1.165) is 17.3 Å². The Morgan fingerprint density at radius 3 is 2.96 bits per heavy atom. The Bertz CT molecular complexity index is 652. The van der Waals surface area contributed by atoms with E-state index in [4.69, 9.17) is 11.6 Å². The molecule has 2 aliphatic heterocycles. The van der Waals surface area contributed by atoms with Crippen molar-refractivity contribution in [2.75, 3.05) is 26.2 Å². The normalized spacial score (nSPS) is 24.2. The molecule has 23 heavy (non-hydrogen) atoms. The van der Waals surface area contributed by atoms with Crippen LogP contribution >= 0.6 is 24.0 Å². The highest BCUT2D eigenvalue weighted by Gasteiger charge is 2.40. The first-order valence-corrected chi connectivity index (χ1v) is 8.18. The lowest BCUT2D eigenvalue weighted by molar-refractivity contribution is 0.268. The molecule has 1 spiro atoms. The van der Waals surface area contributed by atoms with Gasteiger partial charge in [-0.3, -0.25) is 4.90 Å². The van der Waals surface area contributed by atoms with Gasteiger partial charge in [0.1, 0.15) is 12.7 Å². The smallest absolute Gasteiger partial charge is 0.138 e. The fraction of sp³-hybridized carbons (Fsp3) is 0.500. The molecule has 2 aliphatic rings. The maximum atomic E-state index is 6.17. The summed E-state index contributed by atoms with van der Waals surface area (Å²) in [5.41, 5.74) is 2.77. The van der Waals surface area contributed by atoms with E-state index in [1.54, 1.807) is 17.3 Å². The molecule has 5 nitrogen and oxygen atoms in total. The molecule has 1 N–H and O–H groups in total. The van der Waals surface area contributed by atoms with E-state index in [2.05, 4.69) is 26.4 Å². The molecule has 1 atom stereocenters. The van der Waals surface area contributed by atoms with Gasteiger partial charge in [-0.1, -0.05) is 17.7 Å². The molecule has 7 heteroatoms.